The zero-order valence-corrected chi connectivity index (χ0v) is 15.3. The minimum atomic E-state index is -0.617. The first-order chi connectivity index (χ1) is 12.0. The van der Waals surface area contributed by atoms with E-state index in [0.29, 0.717) is 34.7 Å². The number of rotatable bonds is 8. The molecule has 25 heavy (non-hydrogen) atoms. The predicted molar refractivity (Wildman–Crippen MR) is 93.9 cm³/mol. The van der Waals surface area contributed by atoms with E-state index in [0.717, 1.165) is 18.2 Å². The summed E-state index contributed by atoms with van der Waals surface area (Å²) in [7, 11) is 0. The second-order valence-corrected chi connectivity index (χ2v) is 5.77. The number of hydrogen-bond acceptors (Lipinski definition) is 5. The fraction of sp³-hybridized carbons (Fsp3) is 0.294. The first-order valence-electron chi connectivity index (χ1n) is 7.61. The smallest absolute Gasteiger partial charge is 0.311 e. The standard InChI is InChI=1S/C17H17BrFNO5/c1-3-23-16-7-11(13(18)9-17(16)24-4-2)10-25-15-8-12(19)5-6-14(15)20(21)22/h5-9H,3-4,10H2,1-2H3. The average molecular weight is 414 g/mol. The van der Waals surface area contributed by atoms with Gasteiger partial charge in [0, 0.05) is 22.2 Å². The highest BCUT2D eigenvalue weighted by molar-refractivity contribution is 9.10. The Morgan fingerprint density at radius 1 is 1.04 bits per heavy atom. The van der Waals surface area contributed by atoms with Crippen molar-refractivity contribution in [3.63, 3.8) is 0 Å². The SMILES string of the molecule is CCOc1cc(Br)c(COc2cc(F)ccc2[N+](=O)[O-])cc1OCC. The van der Waals surface area contributed by atoms with Crippen LogP contribution in [0.4, 0.5) is 10.1 Å². The summed E-state index contributed by atoms with van der Waals surface area (Å²) >= 11 is 3.41. The molecule has 0 aromatic heterocycles. The molecular weight excluding hydrogens is 397 g/mol. The normalized spacial score (nSPS) is 10.4. The average Bonchev–Trinajstić information content (AvgIpc) is 2.56. The van der Waals surface area contributed by atoms with Crippen molar-refractivity contribution in [2.75, 3.05) is 13.2 Å². The first-order valence-corrected chi connectivity index (χ1v) is 8.40. The highest BCUT2D eigenvalue weighted by Gasteiger charge is 2.17. The Hall–Kier alpha value is -2.35. The van der Waals surface area contributed by atoms with Crippen molar-refractivity contribution in [3.8, 4) is 17.2 Å². The zero-order chi connectivity index (χ0) is 18.4. The van der Waals surface area contributed by atoms with Gasteiger partial charge in [-0.2, -0.15) is 0 Å². The van der Waals surface area contributed by atoms with E-state index >= 15 is 0 Å². The molecule has 0 aliphatic heterocycles. The van der Waals surface area contributed by atoms with Gasteiger partial charge in [-0.05, 0) is 32.0 Å². The van der Waals surface area contributed by atoms with E-state index in [1.165, 1.54) is 0 Å². The Balaban J connectivity index is 2.27. The van der Waals surface area contributed by atoms with Gasteiger partial charge < -0.3 is 14.2 Å². The fourth-order valence-corrected chi connectivity index (χ4v) is 2.57. The molecule has 0 spiro atoms. The van der Waals surface area contributed by atoms with Crippen LogP contribution in [-0.4, -0.2) is 18.1 Å². The topological polar surface area (TPSA) is 70.8 Å². The summed E-state index contributed by atoms with van der Waals surface area (Å²) in [5.41, 5.74) is 0.388. The summed E-state index contributed by atoms with van der Waals surface area (Å²) in [5.74, 6) is 0.377. The molecule has 8 heteroatoms. The third kappa shape index (κ3) is 4.82. The molecule has 0 fully saturated rings. The van der Waals surface area contributed by atoms with Crippen LogP contribution in [-0.2, 0) is 6.61 Å². The van der Waals surface area contributed by atoms with Crippen LogP contribution in [0, 0.1) is 15.9 Å². The summed E-state index contributed by atoms with van der Waals surface area (Å²) in [5, 5.41) is 11.0. The summed E-state index contributed by atoms with van der Waals surface area (Å²) < 4.78 is 30.6. The molecule has 2 aromatic carbocycles. The Kier molecular flexibility index (Phi) is 6.58. The van der Waals surface area contributed by atoms with Crippen LogP contribution in [0.5, 0.6) is 17.2 Å². The maximum absolute atomic E-state index is 13.4. The minimum absolute atomic E-state index is 0.00262. The molecule has 0 atom stereocenters. The van der Waals surface area contributed by atoms with Gasteiger partial charge in [0.2, 0.25) is 0 Å². The highest BCUT2D eigenvalue weighted by atomic mass is 79.9. The van der Waals surface area contributed by atoms with Gasteiger partial charge in [0.05, 0.1) is 18.1 Å². The highest BCUT2D eigenvalue weighted by Crippen LogP contribution is 2.35. The van der Waals surface area contributed by atoms with Gasteiger partial charge in [-0.25, -0.2) is 4.39 Å². The van der Waals surface area contributed by atoms with Crippen LogP contribution in [0.3, 0.4) is 0 Å². The van der Waals surface area contributed by atoms with Crippen molar-refractivity contribution in [1.82, 2.24) is 0 Å². The van der Waals surface area contributed by atoms with E-state index in [4.69, 9.17) is 14.2 Å². The maximum Gasteiger partial charge on any atom is 0.311 e. The monoisotopic (exact) mass is 413 g/mol. The molecule has 0 amide bonds. The van der Waals surface area contributed by atoms with Crippen LogP contribution in [0.15, 0.2) is 34.8 Å². The first kappa shape index (κ1) is 19.0. The van der Waals surface area contributed by atoms with Crippen LogP contribution in [0.1, 0.15) is 19.4 Å². The van der Waals surface area contributed by atoms with Crippen molar-refractivity contribution in [3.05, 3.63) is 56.3 Å². The molecule has 0 unspecified atom stereocenters. The van der Waals surface area contributed by atoms with Gasteiger partial charge in [-0.15, -0.1) is 0 Å². The molecule has 0 radical (unpaired) electrons. The van der Waals surface area contributed by atoms with Gasteiger partial charge >= 0.3 is 5.69 Å². The summed E-state index contributed by atoms with van der Waals surface area (Å²) in [6, 6.07) is 6.55. The number of nitro groups is 1. The maximum atomic E-state index is 13.4. The molecule has 0 bridgehead atoms. The molecular formula is C17H17BrFNO5. The number of nitro benzene ring substituents is 1. The van der Waals surface area contributed by atoms with Crippen molar-refractivity contribution in [1.29, 1.82) is 0 Å². The number of hydrogen-bond donors (Lipinski definition) is 0. The van der Waals surface area contributed by atoms with Gasteiger partial charge in [0.25, 0.3) is 0 Å². The van der Waals surface area contributed by atoms with Gasteiger partial charge in [0.15, 0.2) is 17.2 Å². The Labute approximate surface area is 152 Å². The summed E-state index contributed by atoms with van der Waals surface area (Å²) in [4.78, 5) is 10.4. The largest absolute Gasteiger partial charge is 0.490 e. The summed E-state index contributed by atoms with van der Waals surface area (Å²) in [6.45, 7) is 4.65. The van der Waals surface area contributed by atoms with Crippen LogP contribution in [0.2, 0.25) is 0 Å². The van der Waals surface area contributed by atoms with Crippen molar-refractivity contribution in [2.24, 2.45) is 0 Å². The van der Waals surface area contributed by atoms with E-state index < -0.39 is 10.7 Å². The molecule has 0 N–H and O–H groups in total. The lowest BCUT2D eigenvalue weighted by Crippen LogP contribution is -2.03. The number of nitrogens with zero attached hydrogens (tertiary/aromatic N) is 1. The Morgan fingerprint density at radius 3 is 2.28 bits per heavy atom. The van der Waals surface area contributed by atoms with Crippen molar-refractivity contribution >= 4 is 21.6 Å². The Bertz CT molecular complexity index is 769. The quantitative estimate of drug-likeness (QED) is 0.455. The lowest BCUT2D eigenvalue weighted by Gasteiger charge is -2.15. The zero-order valence-electron chi connectivity index (χ0n) is 13.8. The predicted octanol–water partition coefficient (Wildman–Crippen LogP) is 4.87. The number of benzene rings is 2. The van der Waals surface area contributed by atoms with Gasteiger partial charge in [-0.3, -0.25) is 10.1 Å². The van der Waals surface area contributed by atoms with Gasteiger partial charge in [0.1, 0.15) is 12.4 Å². The minimum Gasteiger partial charge on any atom is -0.490 e. The van der Waals surface area contributed by atoms with Crippen molar-refractivity contribution < 1.29 is 23.5 Å². The lowest BCUT2D eigenvalue weighted by molar-refractivity contribution is -0.386. The van der Waals surface area contributed by atoms with Crippen LogP contribution >= 0.6 is 15.9 Å². The molecule has 0 heterocycles. The number of ether oxygens (including phenoxy) is 3. The second kappa shape index (κ2) is 8.66. The third-order valence-corrected chi connectivity index (χ3v) is 3.95. The molecule has 0 saturated carbocycles. The molecule has 0 aliphatic rings. The van der Waals surface area contributed by atoms with E-state index in [9.17, 15) is 14.5 Å². The Morgan fingerprint density at radius 2 is 1.68 bits per heavy atom. The molecule has 2 aromatic rings. The molecule has 0 aliphatic carbocycles. The fourth-order valence-electron chi connectivity index (χ4n) is 2.13. The molecule has 0 saturated heterocycles. The second-order valence-electron chi connectivity index (χ2n) is 4.91. The summed E-state index contributed by atoms with van der Waals surface area (Å²) in [6.07, 6.45) is 0. The van der Waals surface area contributed by atoms with E-state index in [1.807, 2.05) is 13.8 Å². The van der Waals surface area contributed by atoms with Crippen molar-refractivity contribution in [2.45, 2.75) is 20.5 Å². The molecule has 134 valence electrons. The van der Waals surface area contributed by atoms with E-state index in [1.54, 1.807) is 12.1 Å². The third-order valence-electron chi connectivity index (χ3n) is 3.21. The van der Waals surface area contributed by atoms with Crippen LogP contribution in [0.25, 0.3) is 0 Å². The van der Waals surface area contributed by atoms with Crippen LogP contribution < -0.4 is 14.2 Å². The lowest BCUT2D eigenvalue weighted by atomic mass is 10.2. The van der Waals surface area contributed by atoms with E-state index in [2.05, 4.69) is 15.9 Å². The molecule has 2 rings (SSSR count). The van der Waals surface area contributed by atoms with Gasteiger partial charge in [-0.1, -0.05) is 15.9 Å². The van der Waals surface area contributed by atoms with E-state index in [-0.39, 0.29) is 18.0 Å². The molecule has 6 nitrogen and oxygen atoms in total. The number of halogens is 2.